The van der Waals surface area contributed by atoms with Crippen molar-refractivity contribution in [2.45, 2.75) is 111 Å². The third-order valence-electron chi connectivity index (χ3n) is 8.03. The molecular formula is C28H44O2. The van der Waals surface area contributed by atoms with E-state index in [0.717, 1.165) is 30.6 Å². The maximum atomic E-state index is 11.2. The first kappa shape index (κ1) is 23.2. The fourth-order valence-electron chi connectivity index (χ4n) is 5.75. The highest BCUT2D eigenvalue weighted by Gasteiger charge is 2.45. The van der Waals surface area contributed by atoms with Crippen LogP contribution >= 0.6 is 0 Å². The number of phenolic OH excluding ortho intramolecular Hbond substituents is 1. The molecular weight excluding hydrogens is 368 g/mol. The van der Waals surface area contributed by atoms with Crippen LogP contribution in [0.4, 0.5) is 0 Å². The van der Waals surface area contributed by atoms with Gasteiger partial charge < -0.3 is 9.84 Å². The van der Waals surface area contributed by atoms with Gasteiger partial charge in [-0.05, 0) is 68.6 Å². The van der Waals surface area contributed by atoms with Gasteiger partial charge in [-0.2, -0.15) is 0 Å². The Morgan fingerprint density at radius 3 is 2.53 bits per heavy atom. The third kappa shape index (κ3) is 4.73. The minimum atomic E-state index is -0.209. The van der Waals surface area contributed by atoms with Gasteiger partial charge in [0.1, 0.15) is 17.1 Å². The standard InChI is InChI=1S/C28H44O2/c1-8-9-10-11-19(4)20(5)22-16-25(29)27-23-14-12-21(18(2)3)13-15-24(23)28(6,7)30-26(27)17-22/h12,16-20,23-24,29H,8-11,13-15H2,1-7H3/t19?,20?,23-,24-/m1/s1. The number of aromatic hydroxyl groups is 1. The summed E-state index contributed by atoms with van der Waals surface area (Å²) in [6, 6.07) is 4.28. The van der Waals surface area contributed by atoms with Crippen LogP contribution in [-0.4, -0.2) is 10.7 Å². The Labute approximate surface area is 185 Å². The normalized spacial score (nSPS) is 24.9. The van der Waals surface area contributed by atoms with Crippen molar-refractivity contribution in [3.8, 4) is 11.5 Å². The summed E-state index contributed by atoms with van der Waals surface area (Å²) in [7, 11) is 0. The molecule has 168 valence electrons. The Bertz CT molecular complexity index is 758. The molecule has 2 aliphatic rings. The highest BCUT2D eigenvalue weighted by Crippen LogP contribution is 2.54. The van der Waals surface area contributed by atoms with Crippen molar-refractivity contribution in [2.24, 2.45) is 17.8 Å². The van der Waals surface area contributed by atoms with Gasteiger partial charge in [0.15, 0.2) is 0 Å². The molecule has 1 heterocycles. The zero-order chi connectivity index (χ0) is 22.1. The lowest BCUT2D eigenvalue weighted by Crippen LogP contribution is -2.44. The Hall–Kier alpha value is -1.44. The minimum Gasteiger partial charge on any atom is -0.508 e. The number of hydrogen-bond donors (Lipinski definition) is 1. The molecule has 1 aromatic rings. The lowest BCUT2D eigenvalue weighted by atomic mass is 9.70. The van der Waals surface area contributed by atoms with E-state index in [1.807, 2.05) is 6.07 Å². The topological polar surface area (TPSA) is 29.5 Å². The summed E-state index contributed by atoms with van der Waals surface area (Å²) in [5, 5.41) is 11.2. The number of hydrogen-bond acceptors (Lipinski definition) is 2. The molecule has 0 saturated heterocycles. The number of fused-ring (bicyclic) bond motifs is 3. The van der Waals surface area contributed by atoms with Crippen LogP contribution in [0.25, 0.3) is 0 Å². The van der Waals surface area contributed by atoms with E-state index in [1.54, 1.807) is 5.57 Å². The van der Waals surface area contributed by atoms with Gasteiger partial charge in [0.2, 0.25) is 0 Å². The van der Waals surface area contributed by atoms with Gasteiger partial charge in [-0.1, -0.05) is 72.0 Å². The van der Waals surface area contributed by atoms with Crippen LogP contribution in [0.1, 0.15) is 116 Å². The van der Waals surface area contributed by atoms with E-state index in [4.69, 9.17) is 4.74 Å². The summed E-state index contributed by atoms with van der Waals surface area (Å²) < 4.78 is 6.61. The van der Waals surface area contributed by atoms with Crippen LogP contribution in [0, 0.1) is 17.8 Å². The van der Waals surface area contributed by atoms with E-state index in [9.17, 15) is 5.11 Å². The average molecular weight is 413 g/mol. The molecule has 0 spiro atoms. The number of allylic oxidation sites excluding steroid dienone is 2. The molecule has 0 amide bonds. The van der Waals surface area contributed by atoms with E-state index in [1.165, 1.54) is 31.2 Å². The fraction of sp³-hybridized carbons (Fsp3) is 0.714. The maximum Gasteiger partial charge on any atom is 0.127 e. The number of phenols is 1. The van der Waals surface area contributed by atoms with E-state index >= 15 is 0 Å². The number of rotatable bonds is 7. The molecule has 30 heavy (non-hydrogen) atoms. The molecule has 1 aliphatic carbocycles. The summed E-state index contributed by atoms with van der Waals surface area (Å²) in [6.07, 6.45) is 10.8. The zero-order valence-corrected chi connectivity index (χ0v) is 20.4. The van der Waals surface area contributed by atoms with Crippen molar-refractivity contribution in [3.63, 3.8) is 0 Å². The van der Waals surface area contributed by atoms with Gasteiger partial charge in [-0.3, -0.25) is 0 Å². The van der Waals surface area contributed by atoms with E-state index < -0.39 is 0 Å². The molecule has 0 aromatic heterocycles. The molecule has 0 saturated carbocycles. The van der Waals surface area contributed by atoms with Gasteiger partial charge in [-0.25, -0.2) is 0 Å². The lowest BCUT2D eigenvalue weighted by molar-refractivity contribution is 0.00642. The van der Waals surface area contributed by atoms with Crippen LogP contribution in [0.15, 0.2) is 23.8 Å². The summed E-state index contributed by atoms with van der Waals surface area (Å²) in [6.45, 7) is 16.0. The molecule has 0 bridgehead atoms. The molecule has 3 rings (SSSR count). The zero-order valence-electron chi connectivity index (χ0n) is 20.4. The average Bonchev–Trinajstić information content (AvgIpc) is 2.90. The Kier molecular flexibility index (Phi) is 7.25. The molecule has 2 nitrogen and oxygen atoms in total. The molecule has 2 unspecified atom stereocenters. The second-order valence-corrected chi connectivity index (χ2v) is 10.8. The molecule has 0 radical (unpaired) electrons. The smallest absolute Gasteiger partial charge is 0.127 e. The van der Waals surface area contributed by atoms with Crippen molar-refractivity contribution in [2.75, 3.05) is 0 Å². The van der Waals surface area contributed by atoms with Gasteiger partial charge in [0.05, 0.1) is 0 Å². The van der Waals surface area contributed by atoms with Gasteiger partial charge in [-0.15, -0.1) is 0 Å². The second kappa shape index (κ2) is 9.37. The highest BCUT2D eigenvalue weighted by molar-refractivity contribution is 5.53. The van der Waals surface area contributed by atoms with Gasteiger partial charge in [0, 0.05) is 17.4 Å². The van der Waals surface area contributed by atoms with Crippen LogP contribution in [0.3, 0.4) is 0 Å². The molecule has 0 fully saturated rings. The SMILES string of the molecule is CCCCCC(C)C(C)c1cc(O)c2c(c1)OC(C)(C)[C@@H]1CCC(C(C)C)=CC[C@@H]21. The maximum absolute atomic E-state index is 11.2. The van der Waals surface area contributed by atoms with Crippen LogP contribution < -0.4 is 4.74 Å². The molecule has 1 N–H and O–H groups in total. The van der Waals surface area contributed by atoms with Crippen molar-refractivity contribution in [1.29, 1.82) is 0 Å². The summed E-state index contributed by atoms with van der Waals surface area (Å²) in [5.74, 6) is 3.76. The monoisotopic (exact) mass is 412 g/mol. The Balaban J connectivity index is 1.92. The first-order valence-corrected chi connectivity index (χ1v) is 12.4. The fourth-order valence-corrected chi connectivity index (χ4v) is 5.75. The predicted molar refractivity (Wildman–Crippen MR) is 128 cm³/mol. The second-order valence-electron chi connectivity index (χ2n) is 10.8. The first-order valence-electron chi connectivity index (χ1n) is 12.4. The quantitative estimate of drug-likeness (QED) is 0.360. The number of unbranched alkanes of at least 4 members (excludes halogenated alkanes) is 2. The Morgan fingerprint density at radius 1 is 1.13 bits per heavy atom. The highest BCUT2D eigenvalue weighted by atomic mass is 16.5. The van der Waals surface area contributed by atoms with Crippen molar-refractivity contribution < 1.29 is 9.84 Å². The van der Waals surface area contributed by atoms with Crippen LogP contribution in [-0.2, 0) is 0 Å². The summed E-state index contributed by atoms with van der Waals surface area (Å²) in [5.41, 5.74) is 3.62. The van der Waals surface area contributed by atoms with Crippen molar-refractivity contribution in [3.05, 3.63) is 34.9 Å². The lowest BCUT2D eigenvalue weighted by Gasteiger charge is -2.45. The first-order chi connectivity index (χ1) is 14.2. The van der Waals surface area contributed by atoms with E-state index in [-0.39, 0.29) is 5.60 Å². The third-order valence-corrected chi connectivity index (χ3v) is 8.03. The largest absolute Gasteiger partial charge is 0.508 e. The molecule has 4 atom stereocenters. The van der Waals surface area contributed by atoms with E-state index in [2.05, 4.69) is 60.6 Å². The predicted octanol–water partition coefficient (Wildman–Crippen LogP) is 8.35. The van der Waals surface area contributed by atoms with Crippen molar-refractivity contribution in [1.82, 2.24) is 0 Å². The summed E-state index contributed by atoms with van der Waals surface area (Å²) >= 11 is 0. The molecule has 2 heteroatoms. The Morgan fingerprint density at radius 2 is 1.87 bits per heavy atom. The number of benzene rings is 1. The minimum absolute atomic E-state index is 0.209. The molecule has 1 aromatic carbocycles. The van der Waals surface area contributed by atoms with Gasteiger partial charge >= 0.3 is 0 Å². The van der Waals surface area contributed by atoms with Crippen LogP contribution in [0.5, 0.6) is 11.5 Å². The molecule has 1 aliphatic heterocycles. The summed E-state index contributed by atoms with van der Waals surface area (Å²) in [4.78, 5) is 0. The van der Waals surface area contributed by atoms with Crippen molar-refractivity contribution >= 4 is 0 Å². The van der Waals surface area contributed by atoms with E-state index in [0.29, 0.717) is 35.3 Å². The number of ether oxygens (including phenoxy) is 1. The van der Waals surface area contributed by atoms with Crippen LogP contribution in [0.2, 0.25) is 0 Å². The van der Waals surface area contributed by atoms with Gasteiger partial charge in [0.25, 0.3) is 0 Å².